The van der Waals surface area contributed by atoms with Crippen LogP contribution < -0.4 is 10.1 Å². The number of anilines is 1. The normalized spacial score (nSPS) is 12.3. The predicted octanol–water partition coefficient (Wildman–Crippen LogP) is 5.86. The Morgan fingerprint density at radius 3 is 2.42 bits per heavy atom. The van der Waals surface area contributed by atoms with Gasteiger partial charge in [0.2, 0.25) is 0 Å². The van der Waals surface area contributed by atoms with E-state index in [0.29, 0.717) is 0 Å². The largest absolute Gasteiger partial charge is 0.497 e. The minimum atomic E-state index is 0.268. The standard InChI is InChI=1S/C25H28N4OS/c1-4-29(5-2)22(19-9-7-6-8-10-19)15-26-24-23-21(16-31-25(23)28-17-27-24)18-11-13-20(30-3)14-12-18/h6-14,16-17,22H,4-5,15H2,1-3H3,(H,26,27,28)/t22-/m0/s1. The molecule has 0 aliphatic heterocycles. The van der Waals surface area contributed by atoms with E-state index >= 15 is 0 Å². The molecule has 0 fully saturated rings. The van der Waals surface area contributed by atoms with Crippen LogP contribution in [0.5, 0.6) is 5.75 Å². The highest BCUT2D eigenvalue weighted by Crippen LogP contribution is 2.37. The lowest BCUT2D eigenvalue weighted by Gasteiger charge is -2.30. The summed E-state index contributed by atoms with van der Waals surface area (Å²) in [5.74, 6) is 1.73. The Labute approximate surface area is 187 Å². The number of thiophene rings is 1. The number of hydrogen-bond donors (Lipinski definition) is 1. The summed E-state index contributed by atoms with van der Waals surface area (Å²) in [5, 5.41) is 6.87. The van der Waals surface area contributed by atoms with Crippen LogP contribution in [0.1, 0.15) is 25.5 Å². The van der Waals surface area contributed by atoms with Gasteiger partial charge in [-0.25, -0.2) is 9.97 Å². The molecule has 0 amide bonds. The third-order valence-electron chi connectivity index (χ3n) is 5.67. The van der Waals surface area contributed by atoms with E-state index in [0.717, 1.165) is 52.5 Å². The van der Waals surface area contributed by atoms with Crippen molar-refractivity contribution in [3.8, 4) is 16.9 Å². The van der Waals surface area contributed by atoms with Crippen molar-refractivity contribution >= 4 is 27.4 Å². The first-order chi connectivity index (χ1) is 15.2. The number of methoxy groups -OCH3 is 1. The van der Waals surface area contributed by atoms with E-state index in [1.165, 1.54) is 5.56 Å². The molecule has 2 aromatic heterocycles. The van der Waals surface area contributed by atoms with Crippen LogP contribution in [0.2, 0.25) is 0 Å². The zero-order chi connectivity index (χ0) is 21.6. The summed E-state index contributed by atoms with van der Waals surface area (Å²) in [5.41, 5.74) is 3.59. The Balaban J connectivity index is 1.66. The average molecular weight is 433 g/mol. The third-order valence-corrected chi connectivity index (χ3v) is 6.56. The fourth-order valence-electron chi connectivity index (χ4n) is 3.98. The van der Waals surface area contributed by atoms with Crippen molar-refractivity contribution in [3.05, 3.63) is 71.9 Å². The number of nitrogens with one attached hydrogen (secondary N) is 1. The Morgan fingerprint density at radius 1 is 1.00 bits per heavy atom. The van der Waals surface area contributed by atoms with Gasteiger partial charge in [-0.1, -0.05) is 56.3 Å². The van der Waals surface area contributed by atoms with E-state index in [1.54, 1.807) is 24.8 Å². The maximum Gasteiger partial charge on any atom is 0.138 e. The van der Waals surface area contributed by atoms with E-state index < -0.39 is 0 Å². The lowest BCUT2D eigenvalue weighted by molar-refractivity contribution is 0.228. The maximum atomic E-state index is 5.31. The van der Waals surface area contributed by atoms with Crippen molar-refractivity contribution in [1.82, 2.24) is 14.9 Å². The number of fused-ring (bicyclic) bond motifs is 1. The Bertz CT molecular complexity index is 1110. The summed E-state index contributed by atoms with van der Waals surface area (Å²) in [6.45, 7) is 7.18. The Kier molecular flexibility index (Phi) is 6.79. The molecular weight excluding hydrogens is 404 g/mol. The van der Waals surface area contributed by atoms with Crippen LogP contribution >= 0.6 is 11.3 Å². The van der Waals surface area contributed by atoms with Crippen LogP contribution in [-0.2, 0) is 0 Å². The number of aromatic nitrogens is 2. The first-order valence-electron chi connectivity index (χ1n) is 10.6. The number of hydrogen-bond acceptors (Lipinski definition) is 6. The minimum absolute atomic E-state index is 0.268. The summed E-state index contributed by atoms with van der Waals surface area (Å²) in [4.78, 5) is 12.6. The molecule has 31 heavy (non-hydrogen) atoms. The topological polar surface area (TPSA) is 50.3 Å². The summed E-state index contributed by atoms with van der Waals surface area (Å²) < 4.78 is 5.31. The van der Waals surface area contributed by atoms with E-state index in [2.05, 4.69) is 81.9 Å². The van der Waals surface area contributed by atoms with Gasteiger partial charge in [0.1, 0.15) is 22.7 Å². The van der Waals surface area contributed by atoms with Gasteiger partial charge in [0, 0.05) is 17.5 Å². The Hall–Kier alpha value is -2.96. The van der Waals surface area contributed by atoms with E-state index in [9.17, 15) is 0 Å². The maximum absolute atomic E-state index is 5.31. The van der Waals surface area contributed by atoms with E-state index in [1.807, 2.05) is 12.1 Å². The molecule has 160 valence electrons. The number of rotatable bonds is 9. The molecule has 0 bridgehead atoms. The van der Waals surface area contributed by atoms with Gasteiger partial charge in [0.05, 0.1) is 18.5 Å². The van der Waals surface area contributed by atoms with E-state index in [4.69, 9.17) is 4.74 Å². The van der Waals surface area contributed by atoms with Gasteiger partial charge < -0.3 is 10.1 Å². The molecule has 4 aromatic rings. The van der Waals surface area contributed by atoms with Crippen molar-refractivity contribution in [1.29, 1.82) is 0 Å². The van der Waals surface area contributed by atoms with Crippen molar-refractivity contribution in [3.63, 3.8) is 0 Å². The van der Waals surface area contributed by atoms with Crippen LogP contribution in [-0.4, -0.2) is 41.6 Å². The van der Waals surface area contributed by atoms with Crippen LogP contribution in [0.15, 0.2) is 66.3 Å². The average Bonchev–Trinajstić information content (AvgIpc) is 3.27. The molecule has 4 rings (SSSR count). The molecule has 0 spiro atoms. The number of likely N-dealkylation sites (N-methyl/N-ethyl adjacent to an activating group) is 1. The van der Waals surface area contributed by atoms with E-state index in [-0.39, 0.29) is 6.04 Å². The molecule has 0 saturated carbocycles. The van der Waals surface area contributed by atoms with Crippen LogP contribution in [0.3, 0.4) is 0 Å². The second kappa shape index (κ2) is 9.90. The summed E-state index contributed by atoms with van der Waals surface area (Å²) in [7, 11) is 1.68. The molecule has 5 nitrogen and oxygen atoms in total. The third kappa shape index (κ3) is 4.55. The fourth-order valence-corrected chi connectivity index (χ4v) is 4.90. The van der Waals surface area contributed by atoms with Gasteiger partial charge in [-0.15, -0.1) is 11.3 Å². The monoisotopic (exact) mass is 432 g/mol. The van der Waals surface area contributed by atoms with Gasteiger partial charge in [0.15, 0.2) is 0 Å². The summed E-state index contributed by atoms with van der Waals surface area (Å²) in [6, 6.07) is 19.1. The highest BCUT2D eigenvalue weighted by molar-refractivity contribution is 7.17. The fraction of sp³-hybridized carbons (Fsp3) is 0.280. The van der Waals surface area contributed by atoms with Crippen molar-refractivity contribution in [2.45, 2.75) is 19.9 Å². The van der Waals surface area contributed by atoms with Crippen molar-refractivity contribution < 1.29 is 4.74 Å². The molecule has 0 aliphatic rings. The quantitative estimate of drug-likeness (QED) is 0.359. The molecule has 0 radical (unpaired) electrons. The molecule has 0 saturated heterocycles. The van der Waals surface area contributed by atoms with Crippen LogP contribution in [0.25, 0.3) is 21.3 Å². The molecule has 1 N–H and O–H groups in total. The van der Waals surface area contributed by atoms with Crippen molar-refractivity contribution in [2.75, 3.05) is 32.1 Å². The van der Waals surface area contributed by atoms with Crippen molar-refractivity contribution in [2.24, 2.45) is 0 Å². The molecule has 6 heteroatoms. The second-order valence-corrected chi connectivity index (χ2v) is 8.17. The second-order valence-electron chi connectivity index (χ2n) is 7.31. The molecular formula is C25H28N4OS. The molecule has 0 unspecified atom stereocenters. The lowest BCUT2D eigenvalue weighted by Crippen LogP contribution is -2.33. The minimum Gasteiger partial charge on any atom is -0.497 e. The zero-order valence-corrected chi connectivity index (χ0v) is 19.0. The molecule has 2 aromatic carbocycles. The molecule has 0 aliphatic carbocycles. The smallest absolute Gasteiger partial charge is 0.138 e. The van der Waals surface area contributed by atoms with Gasteiger partial charge in [0.25, 0.3) is 0 Å². The van der Waals surface area contributed by atoms with Gasteiger partial charge in [-0.3, -0.25) is 4.90 Å². The molecule has 2 heterocycles. The number of nitrogens with zero attached hydrogens (tertiary/aromatic N) is 3. The summed E-state index contributed by atoms with van der Waals surface area (Å²) in [6.07, 6.45) is 1.65. The first kappa shape index (κ1) is 21.3. The molecule has 1 atom stereocenters. The van der Waals surface area contributed by atoms with Gasteiger partial charge >= 0.3 is 0 Å². The SMILES string of the molecule is CCN(CC)[C@@H](CNc1ncnc2scc(-c3ccc(OC)cc3)c12)c1ccccc1. The van der Waals surface area contributed by atoms with Gasteiger partial charge in [-0.05, 0) is 36.3 Å². The number of benzene rings is 2. The van der Waals surface area contributed by atoms with Crippen LogP contribution in [0.4, 0.5) is 5.82 Å². The zero-order valence-electron chi connectivity index (χ0n) is 18.2. The lowest BCUT2D eigenvalue weighted by atomic mass is 10.0. The van der Waals surface area contributed by atoms with Crippen LogP contribution in [0, 0.1) is 0 Å². The highest BCUT2D eigenvalue weighted by Gasteiger charge is 2.19. The van der Waals surface area contributed by atoms with Gasteiger partial charge in [-0.2, -0.15) is 0 Å². The number of ether oxygens (including phenoxy) is 1. The highest BCUT2D eigenvalue weighted by atomic mass is 32.1. The predicted molar refractivity (Wildman–Crippen MR) is 130 cm³/mol. The first-order valence-corrected chi connectivity index (χ1v) is 11.5. The summed E-state index contributed by atoms with van der Waals surface area (Å²) >= 11 is 1.65. The Morgan fingerprint density at radius 2 is 1.74 bits per heavy atom.